The van der Waals surface area contributed by atoms with Crippen LogP contribution >= 0.6 is 0 Å². The average Bonchev–Trinajstić information content (AvgIpc) is 2.28. The summed E-state index contributed by atoms with van der Waals surface area (Å²) in [6.45, 7) is 5.21. The number of rotatable bonds is 4. The first-order chi connectivity index (χ1) is 8.40. The molecule has 0 saturated carbocycles. The summed E-state index contributed by atoms with van der Waals surface area (Å²) in [5.74, 6) is -0.852. The second-order valence-corrected chi connectivity index (χ2v) is 4.33. The Morgan fingerprint density at radius 3 is 2.22 bits per heavy atom. The molecule has 1 unspecified atom stereocenters. The molecule has 0 saturated heterocycles. The van der Waals surface area contributed by atoms with Crippen molar-refractivity contribution < 1.29 is 14.3 Å². The van der Waals surface area contributed by atoms with Gasteiger partial charge >= 0.3 is 5.97 Å². The van der Waals surface area contributed by atoms with E-state index in [1.165, 1.54) is 6.92 Å². The lowest BCUT2D eigenvalue weighted by atomic mass is 10.2. The summed E-state index contributed by atoms with van der Waals surface area (Å²) in [4.78, 5) is 23.3. The Bertz CT molecular complexity index is 426. The standard InChI is InChI=1S/C13H18N2O3/c1-8(2)15-12(16)9(3)18-13(17)10-4-6-11(14)7-5-10/h4-9H,14H2,1-3H3,(H,15,16). The molecule has 0 heterocycles. The van der Waals surface area contributed by atoms with Crippen molar-refractivity contribution >= 4 is 17.6 Å². The number of hydrogen-bond donors (Lipinski definition) is 2. The summed E-state index contributed by atoms with van der Waals surface area (Å²) >= 11 is 0. The Balaban J connectivity index is 2.59. The number of hydrogen-bond acceptors (Lipinski definition) is 4. The van der Waals surface area contributed by atoms with Gasteiger partial charge in [-0.25, -0.2) is 4.79 Å². The van der Waals surface area contributed by atoms with Crippen LogP contribution in [-0.2, 0) is 9.53 Å². The van der Waals surface area contributed by atoms with E-state index in [4.69, 9.17) is 10.5 Å². The number of nitrogen functional groups attached to an aromatic ring is 1. The molecule has 98 valence electrons. The van der Waals surface area contributed by atoms with Crippen molar-refractivity contribution in [3.05, 3.63) is 29.8 Å². The number of nitrogens with two attached hydrogens (primary N) is 1. The van der Waals surface area contributed by atoms with E-state index < -0.39 is 12.1 Å². The minimum atomic E-state index is -0.822. The summed E-state index contributed by atoms with van der Waals surface area (Å²) in [6, 6.07) is 6.34. The van der Waals surface area contributed by atoms with Gasteiger partial charge in [-0.1, -0.05) is 0 Å². The van der Waals surface area contributed by atoms with Crippen LogP contribution in [0.25, 0.3) is 0 Å². The van der Waals surface area contributed by atoms with Gasteiger partial charge in [0.15, 0.2) is 6.10 Å². The van der Waals surface area contributed by atoms with Crippen LogP contribution in [0.15, 0.2) is 24.3 Å². The predicted octanol–water partition coefficient (Wildman–Crippen LogP) is 1.34. The van der Waals surface area contributed by atoms with Crippen molar-refractivity contribution in [3.63, 3.8) is 0 Å². The van der Waals surface area contributed by atoms with Crippen LogP contribution in [0.2, 0.25) is 0 Å². The summed E-state index contributed by atoms with van der Waals surface area (Å²) in [7, 11) is 0. The van der Waals surface area contributed by atoms with E-state index >= 15 is 0 Å². The van der Waals surface area contributed by atoms with E-state index in [1.54, 1.807) is 24.3 Å². The average molecular weight is 250 g/mol. The number of amides is 1. The van der Waals surface area contributed by atoms with Crippen molar-refractivity contribution in [2.24, 2.45) is 0 Å². The first kappa shape index (κ1) is 14.0. The molecular formula is C13H18N2O3. The Kier molecular flexibility index (Phi) is 4.71. The van der Waals surface area contributed by atoms with Crippen LogP contribution in [0.3, 0.4) is 0 Å². The van der Waals surface area contributed by atoms with Crippen LogP contribution in [0.1, 0.15) is 31.1 Å². The Hall–Kier alpha value is -2.04. The van der Waals surface area contributed by atoms with Gasteiger partial charge in [0.25, 0.3) is 5.91 Å². The fourth-order valence-electron chi connectivity index (χ4n) is 1.30. The summed E-state index contributed by atoms with van der Waals surface area (Å²) < 4.78 is 5.05. The number of carbonyl (C=O) groups is 2. The normalized spacial score (nSPS) is 12.0. The monoisotopic (exact) mass is 250 g/mol. The lowest BCUT2D eigenvalue weighted by Gasteiger charge is -2.15. The third kappa shape index (κ3) is 4.08. The molecule has 0 spiro atoms. The molecule has 0 fully saturated rings. The largest absolute Gasteiger partial charge is 0.449 e. The van der Waals surface area contributed by atoms with Gasteiger partial charge in [0.05, 0.1) is 5.56 Å². The quantitative estimate of drug-likeness (QED) is 0.624. The lowest BCUT2D eigenvalue weighted by Crippen LogP contribution is -2.39. The molecule has 1 aromatic rings. The van der Waals surface area contributed by atoms with Gasteiger partial charge in [-0.3, -0.25) is 4.79 Å². The zero-order valence-corrected chi connectivity index (χ0v) is 10.8. The minimum absolute atomic E-state index is 0.00942. The first-order valence-corrected chi connectivity index (χ1v) is 5.77. The molecule has 1 amide bonds. The predicted molar refractivity (Wildman–Crippen MR) is 69.0 cm³/mol. The van der Waals surface area contributed by atoms with Crippen molar-refractivity contribution in [1.29, 1.82) is 0 Å². The molecule has 0 bridgehead atoms. The molecular weight excluding hydrogens is 232 g/mol. The Morgan fingerprint density at radius 1 is 1.17 bits per heavy atom. The SMILES string of the molecule is CC(C)NC(=O)C(C)OC(=O)c1ccc(N)cc1. The molecule has 1 aromatic carbocycles. The van der Waals surface area contributed by atoms with E-state index in [1.807, 2.05) is 13.8 Å². The highest BCUT2D eigenvalue weighted by Crippen LogP contribution is 2.08. The molecule has 1 rings (SSSR count). The summed E-state index contributed by atoms with van der Waals surface area (Å²) in [5, 5.41) is 2.67. The van der Waals surface area contributed by atoms with Gasteiger partial charge in [-0.05, 0) is 45.0 Å². The van der Waals surface area contributed by atoms with Crippen LogP contribution < -0.4 is 11.1 Å². The third-order valence-electron chi connectivity index (χ3n) is 2.23. The topological polar surface area (TPSA) is 81.4 Å². The van der Waals surface area contributed by atoms with Crippen LogP contribution in [0, 0.1) is 0 Å². The minimum Gasteiger partial charge on any atom is -0.449 e. The zero-order chi connectivity index (χ0) is 13.7. The Labute approximate surface area is 106 Å². The zero-order valence-electron chi connectivity index (χ0n) is 10.8. The molecule has 18 heavy (non-hydrogen) atoms. The van der Waals surface area contributed by atoms with Gasteiger partial charge in [0.2, 0.25) is 0 Å². The second kappa shape index (κ2) is 6.05. The van der Waals surface area contributed by atoms with E-state index in [0.717, 1.165) is 0 Å². The number of anilines is 1. The summed E-state index contributed by atoms with van der Waals surface area (Å²) in [5.41, 5.74) is 6.45. The molecule has 3 N–H and O–H groups in total. The number of benzene rings is 1. The van der Waals surface area contributed by atoms with Crippen molar-refractivity contribution in [2.75, 3.05) is 5.73 Å². The van der Waals surface area contributed by atoms with Gasteiger partial charge in [-0.2, -0.15) is 0 Å². The molecule has 0 aromatic heterocycles. The number of carbonyl (C=O) groups excluding carboxylic acids is 2. The van der Waals surface area contributed by atoms with Gasteiger partial charge < -0.3 is 15.8 Å². The van der Waals surface area contributed by atoms with E-state index in [0.29, 0.717) is 11.3 Å². The highest BCUT2D eigenvalue weighted by Gasteiger charge is 2.19. The maximum Gasteiger partial charge on any atom is 0.338 e. The first-order valence-electron chi connectivity index (χ1n) is 5.77. The molecule has 0 aliphatic rings. The fraction of sp³-hybridized carbons (Fsp3) is 0.385. The van der Waals surface area contributed by atoms with Gasteiger partial charge in [-0.15, -0.1) is 0 Å². The highest BCUT2D eigenvalue weighted by molar-refractivity contribution is 5.92. The van der Waals surface area contributed by atoms with Crippen molar-refractivity contribution in [1.82, 2.24) is 5.32 Å². The van der Waals surface area contributed by atoms with Crippen LogP contribution in [0.4, 0.5) is 5.69 Å². The van der Waals surface area contributed by atoms with E-state index in [9.17, 15) is 9.59 Å². The third-order valence-corrected chi connectivity index (χ3v) is 2.23. The van der Waals surface area contributed by atoms with E-state index in [-0.39, 0.29) is 11.9 Å². The maximum atomic E-state index is 11.7. The van der Waals surface area contributed by atoms with Gasteiger partial charge in [0, 0.05) is 11.7 Å². The number of nitrogens with one attached hydrogen (secondary N) is 1. The lowest BCUT2D eigenvalue weighted by molar-refractivity contribution is -0.129. The number of esters is 1. The maximum absolute atomic E-state index is 11.7. The second-order valence-electron chi connectivity index (χ2n) is 4.33. The molecule has 1 atom stereocenters. The Morgan fingerprint density at radius 2 is 1.72 bits per heavy atom. The smallest absolute Gasteiger partial charge is 0.338 e. The fourth-order valence-corrected chi connectivity index (χ4v) is 1.30. The molecule has 5 nitrogen and oxygen atoms in total. The molecule has 0 aliphatic carbocycles. The molecule has 0 radical (unpaired) electrons. The molecule has 5 heteroatoms. The highest BCUT2D eigenvalue weighted by atomic mass is 16.5. The summed E-state index contributed by atoms with van der Waals surface area (Å²) in [6.07, 6.45) is -0.822. The van der Waals surface area contributed by atoms with Crippen molar-refractivity contribution in [3.8, 4) is 0 Å². The van der Waals surface area contributed by atoms with Crippen molar-refractivity contribution in [2.45, 2.75) is 32.9 Å². The van der Waals surface area contributed by atoms with Crippen LogP contribution in [0.5, 0.6) is 0 Å². The van der Waals surface area contributed by atoms with E-state index in [2.05, 4.69) is 5.32 Å². The molecule has 0 aliphatic heterocycles. The van der Waals surface area contributed by atoms with Gasteiger partial charge in [0.1, 0.15) is 0 Å². The number of ether oxygens (including phenoxy) is 1. The van der Waals surface area contributed by atoms with Crippen LogP contribution in [-0.4, -0.2) is 24.0 Å².